The Labute approximate surface area is 121 Å². The molecule has 0 aliphatic heterocycles. The first-order valence-electron chi connectivity index (χ1n) is 6.28. The molecule has 1 aromatic heterocycles. The van der Waals surface area contributed by atoms with Crippen LogP contribution in [0, 0.1) is 10.1 Å². The van der Waals surface area contributed by atoms with E-state index in [1.54, 1.807) is 19.2 Å². The van der Waals surface area contributed by atoms with Crippen molar-refractivity contribution in [2.75, 3.05) is 24.3 Å². The number of anilines is 2. The maximum absolute atomic E-state index is 12.1. The van der Waals surface area contributed by atoms with Crippen molar-refractivity contribution >= 4 is 23.0 Å². The molecule has 1 N–H and O–H groups in total. The van der Waals surface area contributed by atoms with E-state index in [4.69, 9.17) is 0 Å². The Morgan fingerprint density at radius 1 is 1.29 bits per heavy atom. The normalized spacial score (nSPS) is 10.2. The number of hydrogen-bond acceptors (Lipinski definition) is 4. The molecule has 0 aliphatic rings. The first-order valence-corrected chi connectivity index (χ1v) is 6.28. The molecule has 1 heterocycles. The number of carbonyl (C=O) groups is 1. The van der Waals surface area contributed by atoms with Crippen molar-refractivity contribution in [3.05, 3.63) is 52.3 Å². The summed E-state index contributed by atoms with van der Waals surface area (Å²) in [6.45, 7) is 0. The molecular formula is C14H16N4O3. The molecule has 7 heteroatoms. The highest BCUT2D eigenvalue weighted by Gasteiger charge is 2.17. The largest absolute Gasteiger partial charge is 0.378 e. The summed E-state index contributed by atoms with van der Waals surface area (Å²) in [5, 5.41) is 13.4. The van der Waals surface area contributed by atoms with E-state index in [9.17, 15) is 14.9 Å². The summed E-state index contributed by atoms with van der Waals surface area (Å²) in [6, 6.07) is 8.57. The molecule has 0 saturated carbocycles. The molecule has 21 heavy (non-hydrogen) atoms. The highest BCUT2D eigenvalue weighted by molar-refractivity contribution is 6.03. The highest BCUT2D eigenvalue weighted by atomic mass is 16.6. The van der Waals surface area contributed by atoms with Gasteiger partial charge in [0.15, 0.2) is 0 Å². The second-order valence-electron chi connectivity index (χ2n) is 4.85. The first kappa shape index (κ1) is 14.6. The molecule has 1 aromatic carbocycles. The Kier molecular flexibility index (Phi) is 3.93. The fourth-order valence-corrected chi connectivity index (χ4v) is 1.91. The van der Waals surface area contributed by atoms with Gasteiger partial charge in [0.2, 0.25) is 0 Å². The summed E-state index contributed by atoms with van der Waals surface area (Å²) in [4.78, 5) is 24.3. The number of hydrogen-bond donors (Lipinski definition) is 1. The fourth-order valence-electron chi connectivity index (χ4n) is 1.91. The molecule has 110 valence electrons. The van der Waals surface area contributed by atoms with E-state index >= 15 is 0 Å². The lowest BCUT2D eigenvalue weighted by Crippen LogP contribution is -2.15. The standard InChI is InChI=1S/C14H16N4O3/c1-16(2)11-6-4-10(5-7-11)15-14(19)13-8-12(18(20)21)9-17(13)3/h4-9H,1-3H3,(H,15,19). The molecule has 0 radical (unpaired) electrons. The van der Waals surface area contributed by atoms with Gasteiger partial charge in [-0.2, -0.15) is 0 Å². The van der Waals surface area contributed by atoms with Crippen molar-refractivity contribution in [2.24, 2.45) is 7.05 Å². The maximum atomic E-state index is 12.1. The van der Waals surface area contributed by atoms with Crippen LogP contribution in [0.4, 0.5) is 17.1 Å². The van der Waals surface area contributed by atoms with Crippen LogP contribution in [0.25, 0.3) is 0 Å². The minimum Gasteiger partial charge on any atom is -0.378 e. The number of carbonyl (C=O) groups excluding carboxylic acids is 1. The lowest BCUT2D eigenvalue weighted by Gasteiger charge is -2.13. The second-order valence-corrected chi connectivity index (χ2v) is 4.85. The second kappa shape index (κ2) is 5.66. The van der Waals surface area contributed by atoms with Gasteiger partial charge >= 0.3 is 0 Å². The number of rotatable bonds is 4. The quantitative estimate of drug-likeness (QED) is 0.691. The van der Waals surface area contributed by atoms with Crippen LogP contribution in [-0.2, 0) is 7.05 Å². The molecule has 0 saturated heterocycles. The van der Waals surface area contributed by atoms with E-state index < -0.39 is 4.92 Å². The number of benzene rings is 1. The molecule has 0 aliphatic carbocycles. The minimum absolute atomic E-state index is 0.106. The zero-order valence-electron chi connectivity index (χ0n) is 12.0. The van der Waals surface area contributed by atoms with E-state index in [1.807, 2.05) is 31.1 Å². The molecule has 1 amide bonds. The van der Waals surface area contributed by atoms with Crippen molar-refractivity contribution in [2.45, 2.75) is 0 Å². The van der Waals surface area contributed by atoms with Crippen LogP contribution >= 0.6 is 0 Å². The van der Waals surface area contributed by atoms with E-state index in [-0.39, 0.29) is 17.3 Å². The van der Waals surface area contributed by atoms with Crippen molar-refractivity contribution in [3.63, 3.8) is 0 Å². The average molecular weight is 288 g/mol. The zero-order chi connectivity index (χ0) is 15.6. The Balaban J connectivity index is 2.16. The summed E-state index contributed by atoms with van der Waals surface area (Å²) in [5.41, 5.74) is 1.78. The van der Waals surface area contributed by atoms with Crippen LogP contribution in [0.3, 0.4) is 0 Å². The third-order valence-electron chi connectivity index (χ3n) is 3.08. The van der Waals surface area contributed by atoms with Crippen LogP contribution in [0.2, 0.25) is 0 Å². The highest BCUT2D eigenvalue weighted by Crippen LogP contribution is 2.19. The number of nitro groups is 1. The predicted molar refractivity (Wildman–Crippen MR) is 80.8 cm³/mol. The summed E-state index contributed by atoms with van der Waals surface area (Å²) >= 11 is 0. The van der Waals surface area contributed by atoms with E-state index in [2.05, 4.69) is 5.32 Å². The molecule has 7 nitrogen and oxygen atoms in total. The summed E-state index contributed by atoms with van der Waals surface area (Å²) in [7, 11) is 5.45. The molecule has 0 fully saturated rings. The van der Waals surface area contributed by atoms with Crippen LogP contribution in [0.1, 0.15) is 10.5 Å². The van der Waals surface area contributed by atoms with Gasteiger partial charge in [0.05, 0.1) is 11.1 Å². The van der Waals surface area contributed by atoms with Crippen molar-refractivity contribution in [3.8, 4) is 0 Å². The van der Waals surface area contributed by atoms with Gasteiger partial charge in [-0.05, 0) is 24.3 Å². The number of nitrogens with zero attached hydrogens (tertiary/aromatic N) is 3. The number of nitrogens with one attached hydrogen (secondary N) is 1. The van der Waals surface area contributed by atoms with Crippen molar-refractivity contribution < 1.29 is 9.72 Å². The van der Waals surface area contributed by atoms with E-state index in [1.165, 1.54) is 16.8 Å². The average Bonchev–Trinajstić information content (AvgIpc) is 2.81. The summed E-state index contributed by atoms with van der Waals surface area (Å²) in [6.07, 6.45) is 1.31. The minimum atomic E-state index is -0.525. The molecule has 2 rings (SSSR count). The zero-order valence-corrected chi connectivity index (χ0v) is 12.0. The predicted octanol–water partition coefficient (Wildman–Crippen LogP) is 2.25. The topological polar surface area (TPSA) is 80.4 Å². The maximum Gasteiger partial charge on any atom is 0.287 e. The Morgan fingerprint density at radius 2 is 1.90 bits per heavy atom. The third kappa shape index (κ3) is 3.19. The third-order valence-corrected chi connectivity index (χ3v) is 3.08. The Morgan fingerprint density at radius 3 is 2.38 bits per heavy atom. The van der Waals surface area contributed by atoms with Crippen LogP contribution in [0.15, 0.2) is 36.5 Å². The summed E-state index contributed by atoms with van der Waals surface area (Å²) < 4.78 is 1.43. The van der Waals surface area contributed by atoms with Gasteiger partial charge in [-0.1, -0.05) is 0 Å². The molecule has 0 atom stereocenters. The Hall–Kier alpha value is -2.83. The van der Waals surface area contributed by atoms with Crippen LogP contribution < -0.4 is 10.2 Å². The first-order chi connectivity index (χ1) is 9.88. The van der Waals surface area contributed by atoms with Gasteiger partial charge in [0.1, 0.15) is 5.69 Å². The van der Waals surface area contributed by atoms with Crippen LogP contribution in [0.5, 0.6) is 0 Å². The van der Waals surface area contributed by atoms with Gasteiger partial charge in [-0.25, -0.2) is 0 Å². The van der Waals surface area contributed by atoms with Gasteiger partial charge in [0, 0.05) is 38.6 Å². The smallest absolute Gasteiger partial charge is 0.287 e. The van der Waals surface area contributed by atoms with E-state index in [0.29, 0.717) is 5.69 Å². The molecule has 0 bridgehead atoms. The Bertz CT molecular complexity index is 674. The fraction of sp³-hybridized carbons (Fsp3) is 0.214. The van der Waals surface area contributed by atoms with Gasteiger partial charge < -0.3 is 14.8 Å². The van der Waals surface area contributed by atoms with Gasteiger partial charge in [-0.3, -0.25) is 14.9 Å². The van der Waals surface area contributed by atoms with Crippen molar-refractivity contribution in [1.82, 2.24) is 4.57 Å². The molecular weight excluding hydrogens is 272 g/mol. The van der Waals surface area contributed by atoms with Gasteiger partial charge in [0.25, 0.3) is 11.6 Å². The lowest BCUT2D eigenvalue weighted by atomic mass is 10.2. The SMILES string of the molecule is CN(C)c1ccc(NC(=O)c2cc([N+](=O)[O-])cn2C)cc1. The number of aryl methyl sites for hydroxylation is 1. The van der Waals surface area contributed by atoms with Gasteiger partial charge in [-0.15, -0.1) is 0 Å². The monoisotopic (exact) mass is 288 g/mol. The van der Waals surface area contributed by atoms with Crippen molar-refractivity contribution in [1.29, 1.82) is 0 Å². The number of amides is 1. The molecule has 0 spiro atoms. The lowest BCUT2D eigenvalue weighted by molar-refractivity contribution is -0.384. The van der Waals surface area contributed by atoms with Crippen LogP contribution in [-0.4, -0.2) is 29.5 Å². The number of aromatic nitrogens is 1. The summed E-state index contributed by atoms with van der Waals surface area (Å²) in [5.74, 6) is -0.386. The molecule has 0 unspecified atom stereocenters. The molecule has 2 aromatic rings. The van der Waals surface area contributed by atoms with E-state index in [0.717, 1.165) is 5.69 Å².